The average Bonchev–Trinajstić information content (AvgIpc) is 2.74. The first kappa shape index (κ1) is 18.9. The van der Waals surface area contributed by atoms with E-state index >= 15 is 0 Å². The van der Waals surface area contributed by atoms with Crippen LogP contribution in [-0.4, -0.2) is 24.5 Å². The number of nitrogens with zero attached hydrogens (tertiary/aromatic N) is 1. The number of carbonyl (C=O) groups excluding carboxylic acids is 2. The summed E-state index contributed by atoms with van der Waals surface area (Å²) in [5.41, 5.74) is 4.00. The van der Waals surface area contributed by atoms with Crippen LogP contribution < -0.4 is 9.64 Å². The van der Waals surface area contributed by atoms with Crippen molar-refractivity contribution in [3.63, 3.8) is 0 Å². The van der Waals surface area contributed by atoms with Crippen LogP contribution in [0.15, 0.2) is 72.8 Å². The lowest BCUT2D eigenvalue weighted by molar-refractivity contribution is 0.111. The van der Waals surface area contributed by atoms with E-state index in [0.717, 1.165) is 40.7 Å². The van der Waals surface area contributed by atoms with Gasteiger partial charge < -0.3 is 9.64 Å². The van der Waals surface area contributed by atoms with Crippen LogP contribution in [0.25, 0.3) is 0 Å². The second-order valence-corrected chi connectivity index (χ2v) is 6.58. The van der Waals surface area contributed by atoms with Gasteiger partial charge in [-0.05, 0) is 72.8 Å². The van der Waals surface area contributed by atoms with Crippen LogP contribution in [0, 0.1) is 0 Å². The van der Waals surface area contributed by atoms with Gasteiger partial charge in [0.15, 0.2) is 0 Å². The van der Waals surface area contributed by atoms with E-state index in [2.05, 4.69) is 20.8 Å². The highest BCUT2D eigenvalue weighted by atomic mass is 79.9. The van der Waals surface area contributed by atoms with Gasteiger partial charge in [-0.25, -0.2) is 0 Å². The number of rotatable bonds is 8. The van der Waals surface area contributed by atoms with Crippen molar-refractivity contribution < 1.29 is 14.3 Å². The van der Waals surface area contributed by atoms with Gasteiger partial charge in [0.05, 0.1) is 6.61 Å². The molecule has 0 aliphatic carbocycles. The van der Waals surface area contributed by atoms with Crippen LogP contribution in [0.2, 0.25) is 0 Å². The third kappa shape index (κ3) is 4.63. The number of hydrogen-bond acceptors (Lipinski definition) is 4. The molecule has 0 atom stereocenters. The fourth-order valence-corrected chi connectivity index (χ4v) is 2.86. The van der Waals surface area contributed by atoms with Crippen molar-refractivity contribution in [2.45, 2.75) is 0 Å². The van der Waals surface area contributed by atoms with Gasteiger partial charge in [-0.1, -0.05) is 15.9 Å². The fourth-order valence-electron chi connectivity index (χ4n) is 2.70. The SMILES string of the molecule is O=Cc1ccc(N(c2ccc(C=O)cc2)c2ccc(OCCBr)cc2)cc1. The normalized spacial score (nSPS) is 10.3. The smallest absolute Gasteiger partial charge is 0.150 e. The van der Waals surface area contributed by atoms with E-state index in [1.54, 1.807) is 24.3 Å². The Morgan fingerprint density at radius 3 is 1.48 bits per heavy atom. The van der Waals surface area contributed by atoms with Crippen molar-refractivity contribution in [1.82, 2.24) is 0 Å². The monoisotopic (exact) mass is 423 g/mol. The molecule has 0 saturated carbocycles. The van der Waals surface area contributed by atoms with Crippen molar-refractivity contribution >= 4 is 45.6 Å². The fraction of sp³-hybridized carbons (Fsp3) is 0.0909. The zero-order chi connectivity index (χ0) is 19.1. The summed E-state index contributed by atoms with van der Waals surface area (Å²) in [6.45, 7) is 0.601. The molecule has 27 heavy (non-hydrogen) atoms. The molecule has 136 valence electrons. The molecule has 0 spiro atoms. The number of benzene rings is 3. The number of halogens is 1. The molecule has 0 unspecified atom stereocenters. The number of ether oxygens (including phenoxy) is 1. The van der Waals surface area contributed by atoms with Crippen LogP contribution in [0.1, 0.15) is 20.7 Å². The van der Waals surface area contributed by atoms with Gasteiger partial charge in [0.25, 0.3) is 0 Å². The third-order valence-corrected chi connectivity index (χ3v) is 4.34. The first-order valence-corrected chi connectivity index (χ1v) is 9.57. The Morgan fingerprint density at radius 2 is 1.11 bits per heavy atom. The Morgan fingerprint density at radius 1 is 0.704 bits per heavy atom. The largest absolute Gasteiger partial charge is 0.493 e. The van der Waals surface area contributed by atoms with Gasteiger partial charge in [-0.2, -0.15) is 0 Å². The van der Waals surface area contributed by atoms with Crippen molar-refractivity contribution in [2.75, 3.05) is 16.8 Å². The number of anilines is 3. The summed E-state index contributed by atoms with van der Waals surface area (Å²) in [4.78, 5) is 24.0. The molecule has 3 aromatic carbocycles. The topological polar surface area (TPSA) is 46.6 Å². The average molecular weight is 424 g/mol. The minimum absolute atomic E-state index is 0.601. The molecular formula is C22H18BrNO3. The predicted molar refractivity (Wildman–Crippen MR) is 111 cm³/mol. The minimum Gasteiger partial charge on any atom is -0.493 e. The van der Waals surface area contributed by atoms with E-state index in [1.165, 1.54) is 0 Å². The highest BCUT2D eigenvalue weighted by molar-refractivity contribution is 9.09. The quantitative estimate of drug-likeness (QED) is 0.351. The molecule has 0 N–H and O–H groups in total. The second-order valence-electron chi connectivity index (χ2n) is 5.79. The summed E-state index contributed by atoms with van der Waals surface area (Å²) < 4.78 is 5.62. The predicted octanol–water partition coefficient (Wildman–Crippen LogP) is 5.56. The molecule has 3 aromatic rings. The number of hydrogen-bond donors (Lipinski definition) is 0. The van der Waals surface area contributed by atoms with E-state index in [0.29, 0.717) is 17.7 Å². The van der Waals surface area contributed by atoms with Crippen LogP contribution in [0.4, 0.5) is 17.1 Å². The molecule has 0 radical (unpaired) electrons. The molecule has 0 aliphatic rings. The highest BCUT2D eigenvalue weighted by Crippen LogP contribution is 2.35. The molecular weight excluding hydrogens is 406 g/mol. The van der Waals surface area contributed by atoms with Gasteiger partial charge in [-0.3, -0.25) is 9.59 Å². The molecule has 0 heterocycles. The molecule has 5 heteroatoms. The van der Waals surface area contributed by atoms with Crippen molar-refractivity contribution in [3.8, 4) is 5.75 Å². The second kappa shape index (κ2) is 9.14. The lowest BCUT2D eigenvalue weighted by atomic mass is 10.1. The summed E-state index contributed by atoms with van der Waals surface area (Å²) in [6.07, 6.45) is 1.64. The first-order valence-electron chi connectivity index (χ1n) is 8.44. The molecule has 4 nitrogen and oxygen atoms in total. The van der Waals surface area contributed by atoms with Crippen LogP contribution >= 0.6 is 15.9 Å². The Labute approximate surface area is 166 Å². The van der Waals surface area contributed by atoms with Gasteiger partial charge in [0.1, 0.15) is 18.3 Å². The Hall–Kier alpha value is -2.92. The number of alkyl halides is 1. The lowest BCUT2D eigenvalue weighted by Crippen LogP contribution is -2.10. The molecule has 3 rings (SSSR count). The van der Waals surface area contributed by atoms with Gasteiger partial charge in [-0.15, -0.1) is 0 Å². The van der Waals surface area contributed by atoms with Crippen LogP contribution in [0.5, 0.6) is 5.75 Å². The first-order chi connectivity index (χ1) is 13.2. The van der Waals surface area contributed by atoms with Crippen LogP contribution in [0.3, 0.4) is 0 Å². The number of carbonyl (C=O) groups is 2. The molecule has 0 saturated heterocycles. The Kier molecular flexibility index (Phi) is 6.39. The minimum atomic E-state index is 0.601. The van der Waals surface area contributed by atoms with Gasteiger partial charge >= 0.3 is 0 Å². The van der Waals surface area contributed by atoms with E-state index < -0.39 is 0 Å². The van der Waals surface area contributed by atoms with E-state index in [4.69, 9.17) is 4.74 Å². The van der Waals surface area contributed by atoms with Crippen molar-refractivity contribution in [3.05, 3.63) is 83.9 Å². The maximum absolute atomic E-state index is 11.0. The van der Waals surface area contributed by atoms with Gasteiger partial charge in [0, 0.05) is 33.5 Å². The molecule has 0 bridgehead atoms. The Balaban J connectivity index is 1.99. The lowest BCUT2D eigenvalue weighted by Gasteiger charge is -2.25. The van der Waals surface area contributed by atoms with Crippen LogP contribution in [-0.2, 0) is 0 Å². The number of aldehydes is 2. The zero-order valence-electron chi connectivity index (χ0n) is 14.5. The van der Waals surface area contributed by atoms with Crippen molar-refractivity contribution in [1.29, 1.82) is 0 Å². The van der Waals surface area contributed by atoms with E-state index in [9.17, 15) is 9.59 Å². The van der Waals surface area contributed by atoms with Crippen molar-refractivity contribution in [2.24, 2.45) is 0 Å². The summed E-state index contributed by atoms with van der Waals surface area (Å²) in [6, 6.07) is 22.5. The summed E-state index contributed by atoms with van der Waals surface area (Å²) in [7, 11) is 0. The summed E-state index contributed by atoms with van der Waals surface area (Å²) in [5, 5.41) is 0.771. The molecule has 0 amide bonds. The van der Waals surface area contributed by atoms with E-state index in [-0.39, 0.29) is 0 Å². The third-order valence-electron chi connectivity index (χ3n) is 4.02. The zero-order valence-corrected chi connectivity index (χ0v) is 16.1. The standard InChI is InChI=1S/C22H18BrNO3/c23-13-14-27-22-11-9-21(10-12-22)24(19-5-1-17(15-25)2-6-19)20-7-3-18(16-26)4-8-20/h1-12,15-16H,13-14H2. The molecule has 0 aromatic heterocycles. The summed E-state index contributed by atoms with van der Waals surface area (Å²) >= 11 is 3.35. The van der Waals surface area contributed by atoms with E-state index in [1.807, 2.05) is 48.5 Å². The Bertz CT molecular complexity index is 839. The highest BCUT2D eigenvalue weighted by Gasteiger charge is 2.12. The summed E-state index contributed by atoms with van der Waals surface area (Å²) in [5.74, 6) is 0.797. The maximum atomic E-state index is 11.0. The van der Waals surface area contributed by atoms with Gasteiger partial charge in [0.2, 0.25) is 0 Å². The molecule has 0 fully saturated rings. The maximum Gasteiger partial charge on any atom is 0.150 e. The molecule has 0 aliphatic heterocycles.